The fraction of sp³-hybridized carbons (Fsp3) is 0.333. The molecular weight excluding hydrogens is 764 g/mol. The van der Waals surface area contributed by atoms with Crippen molar-refractivity contribution in [3.63, 3.8) is 0 Å². The maximum absolute atomic E-state index is 7.49. The van der Waals surface area contributed by atoms with E-state index in [1.54, 1.807) is 0 Å². The summed E-state index contributed by atoms with van der Waals surface area (Å²) in [5.41, 5.74) is 14.6. The summed E-state index contributed by atoms with van der Waals surface area (Å²) in [7, 11) is 4.08. The number of halogens is 1. The van der Waals surface area contributed by atoms with Gasteiger partial charge in [-0.3, -0.25) is 4.98 Å². The monoisotopic (exact) mass is 808 g/mol. The van der Waals surface area contributed by atoms with Crippen LogP contribution in [0.4, 0.5) is 22.7 Å². The summed E-state index contributed by atoms with van der Waals surface area (Å²) in [4.78, 5) is 21.2. The summed E-state index contributed by atoms with van der Waals surface area (Å²) < 4.78 is 11.6. The predicted molar refractivity (Wildman–Crippen MR) is 224 cm³/mol. The molecule has 2 fully saturated rings. The Hall–Kier alpha value is -5.78. The van der Waals surface area contributed by atoms with E-state index < -0.39 is 5.54 Å². The minimum Gasteiger partial charge on any atom is -0.361 e. The Kier molecular flexibility index (Phi) is 10.1. The Morgan fingerprint density at radius 3 is 1.41 bits per heavy atom. The molecule has 0 atom stereocenters. The van der Waals surface area contributed by atoms with E-state index in [2.05, 4.69) is 132 Å². The van der Waals surface area contributed by atoms with E-state index in [0.29, 0.717) is 0 Å². The Labute approximate surface area is 337 Å². The highest BCUT2D eigenvalue weighted by Gasteiger charge is 2.55. The fourth-order valence-corrected chi connectivity index (χ4v) is 8.25. The summed E-state index contributed by atoms with van der Waals surface area (Å²) in [6, 6.07) is 17.0. The zero-order valence-electron chi connectivity index (χ0n) is 33.4. The van der Waals surface area contributed by atoms with Crippen molar-refractivity contribution in [1.82, 2.24) is 20.3 Å². The molecule has 0 N–H and O–H groups in total. The molecule has 0 aliphatic heterocycles. The number of aromatic nitrogens is 4. The molecule has 0 radical (unpaired) electrons. The van der Waals surface area contributed by atoms with E-state index in [9.17, 15) is 0 Å². The Morgan fingerprint density at radius 1 is 0.607 bits per heavy atom. The molecule has 2 aliphatic rings. The maximum atomic E-state index is 7.49. The van der Waals surface area contributed by atoms with Crippen LogP contribution in [-0.2, 0) is 11.1 Å². The lowest BCUT2D eigenvalue weighted by Gasteiger charge is -2.23. The molecule has 2 saturated carbocycles. The molecule has 0 spiro atoms. The van der Waals surface area contributed by atoms with Crippen molar-refractivity contribution < 1.29 is 9.05 Å². The van der Waals surface area contributed by atoms with Crippen molar-refractivity contribution >= 4 is 38.7 Å². The molecule has 4 heterocycles. The van der Waals surface area contributed by atoms with Gasteiger partial charge in [0.15, 0.2) is 0 Å². The molecule has 0 bridgehead atoms. The van der Waals surface area contributed by atoms with Crippen LogP contribution in [0.5, 0.6) is 0 Å². The van der Waals surface area contributed by atoms with Gasteiger partial charge in [0, 0.05) is 66.8 Å². The highest BCUT2D eigenvalue weighted by Crippen LogP contribution is 2.52. The summed E-state index contributed by atoms with van der Waals surface area (Å²) in [5, 5.41) is 8.16. The van der Waals surface area contributed by atoms with E-state index in [-0.39, 0.29) is 5.54 Å². The molecule has 2 aliphatic carbocycles. The molecule has 284 valence electrons. The van der Waals surface area contributed by atoms with Crippen LogP contribution in [0.3, 0.4) is 0 Å². The zero-order chi connectivity index (χ0) is 40.1. The van der Waals surface area contributed by atoms with Gasteiger partial charge in [0.1, 0.15) is 22.9 Å². The van der Waals surface area contributed by atoms with Crippen LogP contribution >= 0.6 is 15.9 Å². The topological polar surface area (TPSA) is 93.0 Å². The molecule has 0 saturated heterocycles. The van der Waals surface area contributed by atoms with Crippen LogP contribution in [0, 0.1) is 61.6 Å². The third kappa shape index (κ3) is 6.97. The van der Waals surface area contributed by atoms with Crippen molar-refractivity contribution in [2.24, 2.45) is 0 Å². The maximum Gasteiger partial charge on any atom is 0.275 e. The molecule has 6 aromatic rings. The smallest absolute Gasteiger partial charge is 0.275 e. The van der Waals surface area contributed by atoms with Crippen molar-refractivity contribution in [3.05, 3.63) is 139 Å². The van der Waals surface area contributed by atoms with E-state index >= 15 is 0 Å². The van der Waals surface area contributed by atoms with Gasteiger partial charge in [0.25, 0.3) is 11.1 Å². The van der Waals surface area contributed by atoms with E-state index in [1.165, 1.54) is 5.56 Å². The molecule has 11 heteroatoms. The molecule has 0 unspecified atom stereocenters. The normalized spacial score (nSPS) is 14.6. The third-order valence-electron chi connectivity index (χ3n) is 11.2. The number of rotatable bonds is 8. The van der Waals surface area contributed by atoms with Crippen LogP contribution in [0.25, 0.3) is 31.9 Å². The number of aryl methyl sites for hydroxylation is 7. The summed E-state index contributed by atoms with van der Waals surface area (Å²) in [6.07, 6.45) is 7.34. The second-order valence-electron chi connectivity index (χ2n) is 15.2. The first-order valence-electron chi connectivity index (χ1n) is 18.7. The molecular formula is C45H45BrN8O2. The molecule has 56 heavy (non-hydrogen) atoms. The fourth-order valence-electron chi connectivity index (χ4n) is 7.55. The van der Waals surface area contributed by atoms with Crippen LogP contribution in [0.2, 0.25) is 0 Å². The number of nitrogens with zero attached hydrogens (tertiary/aromatic N) is 8. The first kappa shape index (κ1) is 38.5. The minimum atomic E-state index is -0.422. The lowest BCUT2D eigenvalue weighted by atomic mass is 10.0. The number of hydrogen-bond donors (Lipinski definition) is 0. The summed E-state index contributed by atoms with van der Waals surface area (Å²) >= 11 is 3.64. The second-order valence-corrected chi connectivity index (χ2v) is 16.0. The lowest BCUT2D eigenvalue weighted by molar-refractivity contribution is 0.393. The zero-order valence-corrected chi connectivity index (χ0v) is 35.0. The van der Waals surface area contributed by atoms with Gasteiger partial charge in [-0.15, -0.1) is 0 Å². The van der Waals surface area contributed by atoms with Crippen molar-refractivity contribution in [2.45, 2.75) is 85.2 Å². The second kappa shape index (κ2) is 14.7. The van der Waals surface area contributed by atoms with E-state index in [0.717, 1.165) is 121 Å². The van der Waals surface area contributed by atoms with Crippen molar-refractivity contribution in [2.75, 3.05) is 23.9 Å². The Balaban J connectivity index is 0.000000172. The molecule has 8 rings (SSSR count). The average molecular weight is 810 g/mol. The van der Waals surface area contributed by atoms with Crippen molar-refractivity contribution in [3.8, 4) is 22.3 Å². The van der Waals surface area contributed by atoms with Gasteiger partial charge in [0.2, 0.25) is 0 Å². The van der Waals surface area contributed by atoms with Crippen LogP contribution in [0.1, 0.15) is 76.7 Å². The van der Waals surface area contributed by atoms with Gasteiger partial charge < -0.3 is 28.5 Å². The number of pyridine rings is 2. The van der Waals surface area contributed by atoms with Crippen LogP contribution in [-0.4, -0.2) is 34.4 Å². The highest BCUT2D eigenvalue weighted by atomic mass is 79.9. The third-order valence-corrected chi connectivity index (χ3v) is 11.8. The first-order chi connectivity index (χ1) is 26.7. The number of benzene rings is 2. The molecule has 2 aromatic carbocycles. The first-order valence-corrected chi connectivity index (χ1v) is 19.5. The summed E-state index contributed by atoms with van der Waals surface area (Å²) in [5.74, 6) is 1.64. The van der Waals surface area contributed by atoms with Crippen LogP contribution < -0.4 is 9.80 Å². The molecule has 4 aromatic heterocycles. The summed E-state index contributed by atoms with van der Waals surface area (Å²) in [6.45, 7) is 29.0. The minimum absolute atomic E-state index is 0.375. The SMILES string of the molecule is [C-]#[N+]C1(c2ncc(N(C)c3cc(-c4c(C)noc4C)ccc3C)cc2Br)CC1.[C-]#[N+]C1(c2ncc(N(C)c3cc(-c4c(C)noc4C)ccc3C)cc2C)CC1. The highest BCUT2D eigenvalue weighted by molar-refractivity contribution is 9.10. The van der Waals surface area contributed by atoms with Gasteiger partial charge in [-0.25, -0.2) is 18.1 Å². The van der Waals surface area contributed by atoms with Crippen molar-refractivity contribution in [1.29, 1.82) is 0 Å². The molecule has 10 nitrogen and oxygen atoms in total. The number of hydrogen-bond acceptors (Lipinski definition) is 8. The van der Waals surface area contributed by atoms with Gasteiger partial charge in [-0.05, 0) is 116 Å². The van der Waals surface area contributed by atoms with E-state index in [4.69, 9.17) is 22.2 Å². The van der Waals surface area contributed by atoms with E-state index in [1.807, 2.05) is 47.1 Å². The average Bonchev–Trinajstić information content (AvgIpc) is 4.11. The molecule has 0 amide bonds. The van der Waals surface area contributed by atoms with Gasteiger partial charge in [-0.2, -0.15) is 0 Å². The Morgan fingerprint density at radius 2 is 1.04 bits per heavy atom. The van der Waals surface area contributed by atoms with Crippen LogP contribution in [0.15, 0.2) is 74.4 Å². The van der Waals surface area contributed by atoms with Gasteiger partial charge in [-0.1, -0.05) is 34.6 Å². The van der Waals surface area contributed by atoms with Gasteiger partial charge >= 0.3 is 0 Å². The Bertz CT molecular complexity index is 2350. The van der Waals surface area contributed by atoms with Gasteiger partial charge in [0.05, 0.1) is 35.2 Å². The quantitative estimate of drug-likeness (QED) is 0.140. The number of anilines is 4. The predicted octanol–water partition coefficient (Wildman–Crippen LogP) is 11.7. The standard InChI is InChI=1S/C23H24N4O.C22H21BrN4O/c1-14-7-8-18(21-16(3)26-28-17(21)4)12-20(14)27(6)19-11-15(2)22(25-13-19)23(24-5)9-10-23;1-13-6-7-16(20-14(2)26-28-15(20)3)10-19(13)27(5)17-11-18(23)21(25-12-17)22(24-4)8-9-22/h7-8,11-13H,9-10H2,1-4,6H3;6-7,10-12H,8-9H2,1-3,5H3. The lowest BCUT2D eigenvalue weighted by Crippen LogP contribution is -2.14. The largest absolute Gasteiger partial charge is 0.361 e.